The first kappa shape index (κ1) is 15.6. The predicted molar refractivity (Wildman–Crippen MR) is 67.3 cm³/mol. The van der Waals surface area contributed by atoms with Gasteiger partial charge in [-0.3, -0.25) is 0 Å². The zero-order valence-corrected chi connectivity index (χ0v) is 11.1. The van der Waals surface area contributed by atoms with Gasteiger partial charge >= 0.3 is 5.92 Å². The van der Waals surface area contributed by atoms with Gasteiger partial charge in [-0.1, -0.05) is 12.6 Å². The van der Waals surface area contributed by atoms with Crippen LogP contribution in [0.25, 0.3) is 5.76 Å². The van der Waals surface area contributed by atoms with Gasteiger partial charge in [0.2, 0.25) is 0 Å². The molecule has 0 spiro atoms. The molecule has 2 nitrogen and oxygen atoms in total. The Kier molecular flexibility index (Phi) is 4.30. The molecule has 19 heavy (non-hydrogen) atoms. The first-order valence-corrected chi connectivity index (χ1v) is 5.84. The summed E-state index contributed by atoms with van der Waals surface area (Å²) < 4.78 is 47.1. The number of aliphatic hydroxyl groups is 1. The molecule has 0 bridgehead atoms. The maximum absolute atomic E-state index is 14.1. The lowest BCUT2D eigenvalue weighted by Gasteiger charge is -2.30. The molecule has 0 radical (unpaired) electrons. The molecule has 0 aliphatic rings. The molecule has 0 saturated carbocycles. The molecule has 0 aliphatic heterocycles. The second-order valence-electron chi connectivity index (χ2n) is 4.66. The molecule has 5 heteroatoms. The Labute approximate surface area is 110 Å². The number of benzene rings is 1. The second kappa shape index (κ2) is 5.25. The molecule has 106 valence electrons. The van der Waals surface area contributed by atoms with Crippen molar-refractivity contribution in [2.24, 2.45) is 0 Å². The van der Waals surface area contributed by atoms with Crippen LogP contribution in [0.15, 0.2) is 24.8 Å². The maximum Gasteiger partial charge on any atom is 0.303 e. The van der Waals surface area contributed by atoms with Gasteiger partial charge in [0, 0.05) is 0 Å². The van der Waals surface area contributed by atoms with E-state index in [2.05, 4.69) is 6.58 Å². The summed E-state index contributed by atoms with van der Waals surface area (Å²) in [7, 11) is 0. The molecule has 1 N–H and O–H groups in total. The number of halogens is 3. The van der Waals surface area contributed by atoms with Crippen molar-refractivity contribution in [1.29, 1.82) is 0 Å². The Morgan fingerprint density at radius 1 is 1.37 bits per heavy atom. The van der Waals surface area contributed by atoms with Crippen LogP contribution in [0.5, 0.6) is 0 Å². The average Bonchev–Trinajstić information content (AvgIpc) is 2.27. The zero-order valence-electron chi connectivity index (χ0n) is 11.1. The van der Waals surface area contributed by atoms with Crippen molar-refractivity contribution in [1.82, 2.24) is 0 Å². The van der Waals surface area contributed by atoms with E-state index in [0.29, 0.717) is 0 Å². The zero-order chi connectivity index (χ0) is 14.8. The van der Waals surface area contributed by atoms with E-state index in [-0.39, 0.29) is 17.9 Å². The van der Waals surface area contributed by atoms with Crippen LogP contribution in [-0.4, -0.2) is 17.3 Å². The van der Waals surface area contributed by atoms with Crippen LogP contribution in [0, 0.1) is 5.82 Å². The number of rotatable bonds is 5. The molecule has 0 amide bonds. The fourth-order valence-electron chi connectivity index (χ4n) is 1.57. The lowest BCUT2D eigenvalue weighted by Crippen LogP contribution is -2.41. The van der Waals surface area contributed by atoms with Gasteiger partial charge in [0.1, 0.15) is 17.2 Å². The highest BCUT2D eigenvalue weighted by Crippen LogP contribution is 2.41. The van der Waals surface area contributed by atoms with Crippen molar-refractivity contribution in [3.63, 3.8) is 0 Å². The number of alkyl halides is 2. The standard InChI is InChI=1S/C14H17F3O2/c1-5-19-9(2)10-7-6-8-11(12(10)15)14(16,17)13(3,4)18/h6-8,18H,2,5H2,1,3-4H3. The van der Waals surface area contributed by atoms with Crippen LogP contribution in [0.4, 0.5) is 13.2 Å². The normalized spacial score (nSPS) is 12.4. The Hall–Kier alpha value is -1.49. The maximum atomic E-state index is 14.1. The van der Waals surface area contributed by atoms with E-state index in [0.717, 1.165) is 19.9 Å². The van der Waals surface area contributed by atoms with Crippen molar-refractivity contribution in [2.45, 2.75) is 32.3 Å². The Balaban J connectivity index is 3.33. The van der Waals surface area contributed by atoms with Gasteiger partial charge in [-0.2, -0.15) is 8.78 Å². The number of hydrogen-bond acceptors (Lipinski definition) is 2. The highest BCUT2D eigenvalue weighted by Gasteiger charge is 2.49. The van der Waals surface area contributed by atoms with E-state index in [1.54, 1.807) is 6.92 Å². The summed E-state index contributed by atoms with van der Waals surface area (Å²) in [4.78, 5) is 0. The highest BCUT2D eigenvalue weighted by molar-refractivity contribution is 5.59. The molecule has 0 fully saturated rings. The lowest BCUT2D eigenvalue weighted by atomic mass is 9.91. The molecule has 0 heterocycles. The quantitative estimate of drug-likeness (QED) is 0.830. The number of hydrogen-bond donors (Lipinski definition) is 1. The summed E-state index contributed by atoms with van der Waals surface area (Å²) in [6.07, 6.45) is 0. The SMILES string of the molecule is C=C(OCC)c1cccc(C(F)(F)C(C)(C)O)c1F. The third-order valence-electron chi connectivity index (χ3n) is 2.72. The predicted octanol–water partition coefficient (Wildman–Crippen LogP) is 3.70. The van der Waals surface area contributed by atoms with E-state index in [9.17, 15) is 18.3 Å². The molecule has 0 atom stereocenters. The summed E-state index contributed by atoms with van der Waals surface area (Å²) in [6, 6.07) is 3.52. The van der Waals surface area contributed by atoms with Gasteiger partial charge < -0.3 is 9.84 Å². The smallest absolute Gasteiger partial charge is 0.303 e. The van der Waals surface area contributed by atoms with Crippen molar-refractivity contribution >= 4 is 5.76 Å². The summed E-state index contributed by atoms with van der Waals surface area (Å²) in [6.45, 7) is 7.28. The Morgan fingerprint density at radius 3 is 2.42 bits per heavy atom. The van der Waals surface area contributed by atoms with Crippen molar-refractivity contribution in [3.05, 3.63) is 41.7 Å². The topological polar surface area (TPSA) is 29.5 Å². The van der Waals surface area contributed by atoms with Crippen LogP contribution in [0.1, 0.15) is 31.9 Å². The summed E-state index contributed by atoms with van der Waals surface area (Å²) in [5, 5.41) is 9.49. The monoisotopic (exact) mass is 274 g/mol. The van der Waals surface area contributed by atoms with E-state index in [4.69, 9.17) is 4.74 Å². The third-order valence-corrected chi connectivity index (χ3v) is 2.72. The van der Waals surface area contributed by atoms with E-state index < -0.39 is 22.9 Å². The van der Waals surface area contributed by atoms with Gasteiger partial charge in [-0.25, -0.2) is 4.39 Å². The largest absolute Gasteiger partial charge is 0.494 e. The van der Waals surface area contributed by atoms with Crippen LogP contribution in [-0.2, 0) is 10.7 Å². The molecule has 0 unspecified atom stereocenters. The van der Waals surface area contributed by atoms with Gasteiger partial charge in [-0.05, 0) is 32.9 Å². The first-order valence-electron chi connectivity index (χ1n) is 5.84. The Morgan fingerprint density at radius 2 is 1.95 bits per heavy atom. The van der Waals surface area contributed by atoms with Crippen molar-refractivity contribution in [2.75, 3.05) is 6.61 Å². The van der Waals surface area contributed by atoms with E-state index in [1.165, 1.54) is 12.1 Å². The minimum absolute atomic E-state index is 0.0200. The molecule has 1 aromatic carbocycles. The van der Waals surface area contributed by atoms with Gasteiger partial charge in [-0.15, -0.1) is 0 Å². The van der Waals surface area contributed by atoms with Gasteiger partial charge in [0.15, 0.2) is 0 Å². The minimum Gasteiger partial charge on any atom is -0.494 e. The lowest BCUT2D eigenvalue weighted by molar-refractivity contribution is -0.170. The van der Waals surface area contributed by atoms with Gasteiger partial charge in [0.25, 0.3) is 0 Å². The van der Waals surface area contributed by atoms with Crippen LogP contribution >= 0.6 is 0 Å². The molecular formula is C14H17F3O2. The van der Waals surface area contributed by atoms with Crippen LogP contribution < -0.4 is 0 Å². The van der Waals surface area contributed by atoms with Crippen LogP contribution in [0.2, 0.25) is 0 Å². The van der Waals surface area contributed by atoms with E-state index >= 15 is 0 Å². The molecular weight excluding hydrogens is 257 g/mol. The van der Waals surface area contributed by atoms with E-state index in [1.807, 2.05) is 0 Å². The highest BCUT2D eigenvalue weighted by atomic mass is 19.3. The molecule has 1 aromatic rings. The molecule has 1 rings (SSSR count). The molecule has 0 aromatic heterocycles. The fourth-order valence-corrected chi connectivity index (χ4v) is 1.57. The van der Waals surface area contributed by atoms with Crippen LogP contribution in [0.3, 0.4) is 0 Å². The average molecular weight is 274 g/mol. The molecule has 0 aliphatic carbocycles. The first-order chi connectivity index (χ1) is 8.63. The van der Waals surface area contributed by atoms with Crippen molar-refractivity contribution < 1.29 is 23.0 Å². The summed E-state index contributed by atoms with van der Waals surface area (Å²) in [5.74, 6) is -4.87. The second-order valence-corrected chi connectivity index (χ2v) is 4.66. The Bertz CT molecular complexity index is 476. The van der Waals surface area contributed by atoms with Gasteiger partial charge in [0.05, 0.1) is 17.7 Å². The number of ether oxygens (including phenoxy) is 1. The van der Waals surface area contributed by atoms with Crippen molar-refractivity contribution in [3.8, 4) is 0 Å². The summed E-state index contributed by atoms with van der Waals surface area (Å²) in [5.41, 5.74) is -3.39. The summed E-state index contributed by atoms with van der Waals surface area (Å²) >= 11 is 0. The molecule has 0 saturated heterocycles. The fraction of sp³-hybridized carbons (Fsp3) is 0.429. The third kappa shape index (κ3) is 2.92. The minimum atomic E-state index is -3.72.